The van der Waals surface area contributed by atoms with Gasteiger partial charge in [0.05, 0.1) is 24.8 Å². The number of hydrogen-bond acceptors (Lipinski definition) is 6. The molecular formula is C31H38ClN3O6S. The summed E-state index contributed by atoms with van der Waals surface area (Å²) in [6.45, 7) is 5.73. The number of halogens is 1. The number of ether oxygens (including phenoxy) is 2. The molecule has 0 aromatic heterocycles. The molecule has 0 aliphatic carbocycles. The van der Waals surface area contributed by atoms with E-state index in [9.17, 15) is 18.0 Å². The van der Waals surface area contributed by atoms with Crippen molar-refractivity contribution >= 4 is 39.1 Å². The molecule has 0 saturated carbocycles. The van der Waals surface area contributed by atoms with Crippen molar-refractivity contribution in [1.29, 1.82) is 0 Å². The van der Waals surface area contributed by atoms with E-state index in [1.165, 1.54) is 37.3 Å². The van der Waals surface area contributed by atoms with E-state index in [1.807, 2.05) is 20.8 Å². The normalized spacial score (nSPS) is 12.0. The molecule has 0 bridgehead atoms. The van der Waals surface area contributed by atoms with Gasteiger partial charge in [-0.05, 0) is 54.3 Å². The highest BCUT2D eigenvalue weighted by Crippen LogP contribution is 2.34. The van der Waals surface area contributed by atoms with E-state index in [0.29, 0.717) is 29.5 Å². The van der Waals surface area contributed by atoms with Crippen LogP contribution >= 0.6 is 11.6 Å². The summed E-state index contributed by atoms with van der Waals surface area (Å²) in [5.74, 6) is 0.0569. The van der Waals surface area contributed by atoms with E-state index in [2.05, 4.69) is 5.32 Å². The maximum Gasteiger partial charge on any atom is 0.264 e. The summed E-state index contributed by atoms with van der Waals surface area (Å²) in [7, 11) is -1.29. The van der Waals surface area contributed by atoms with Crippen molar-refractivity contribution in [1.82, 2.24) is 10.2 Å². The van der Waals surface area contributed by atoms with Crippen molar-refractivity contribution < 1.29 is 27.5 Å². The van der Waals surface area contributed by atoms with Gasteiger partial charge < -0.3 is 19.7 Å². The fourth-order valence-electron chi connectivity index (χ4n) is 4.36. The molecule has 3 rings (SSSR count). The molecule has 1 atom stereocenters. The molecule has 42 heavy (non-hydrogen) atoms. The molecule has 0 aliphatic heterocycles. The summed E-state index contributed by atoms with van der Waals surface area (Å²) in [6.07, 6.45) is 0.324. The van der Waals surface area contributed by atoms with Gasteiger partial charge in [-0.2, -0.15) is 0 Å². The molecule has 0 unspecified atom stereocenters. The number of methoxy groups -OCH3 is 2. The molecule has 0 fully saturated rings. The number of nitrogens with one attached hydrogen (secondary N) is 1. The van der Waals surface area contributed by atoms with Gasteiger partial charge in [-0.15, -0.1) is 0 Å². The summed E-state index contributed by atoms with van der Waals surface area (Å²) >= 11 is 6.08. The van der Waals surface area contributed by atoms with Crippen LogP contribution in [0.15, 0.2) is 77.7 Å². The molecule has 3 aromatic rings. The van der Waals surface area contributed by atoms with Gasteiger partial charge in [-0.1, -0.05) is 62.7 Å². The Kier molecular flexibility index (Phi) is 11.6. The number of carbonyl (C=O) groups is 2. The highest BCUT2D eigenvalue weighted by atomic mass is 35.5. The van der Waals surface area contributed by atoms with Gasteiger partial charge in [-0.25, -0.2) is 8.42 Å². The van der Waals surface area contributed by atoms with Crippen molar-refractivity contribution in [2.75, 3.05) is 31.6 Å². The van der Waals surface area contributed by atoms with Crippen LogP contribution in [0.4, 0.5) is 5.69 Å². The molecule has 1 N–H and O–H groups in total. The highest BCUT2D eigenvalue weighted by molar-refractivity contribution is 7.92. The van der Waals surface area contributed by atoms with Gasteiger partial charge in [0.2, 0.25) is 11.8 Å². The van der Waals surface area contributed by atoms with Crippen LogP contribution in [0.5, 0.6) is 11.5 Å². The Hall–Kier alpha value is -3.76. The number of amides is 2. The lowest BCUT2D eigenvalue weighted by Crippen LogP contribution is -2.52. The van der Waals surface area contributed by atoms with Crippen molar-refractivity contribution in [2.45, 2.75) is 44.7 Å². The van der Waals surface area contributed by atoms with Crippen LogP contribution in [-0.4, -0.2) is 58.5 Å². The van der Waals surface area contributed by atoms with Crippen LogP contribution in [0.1, 0.15) is 32.8 Å². The minimum atomic E-state index is -4.21. The fraction of sp³-hybridized carbons (Fsp3) is 0.355. The van der Waals surface area contributed by atoms with Gasteiger partial charge in [0.1, 0.15) is 12.6 Å². The second-order valence-corrected chi connectivity index (χ2v) is 12.4. The van der Waals surface area contributed by atoms with E-state index < -0.39 is 28.5 Å². The van der Waals surface area contributed by atoms with Crippen molar-refractivity contribution in [3.05, 3.63) is 83.4 Å². The van der Waals surface area contributed by atoms with Gasteiger partial charge in [0.15, 0.2) is 11.5 Å². The SMILES string of the molecule is CC[C@H](C(=O)NCC(C)C)N(Cc1ccc(Cl)cc1)C(=O)CN(c1ccc(OC)c(OC)c1)S(=O)(=O)c1ccccc1. The number of benzene rings is 3. The first kappa shape index (κ1) is 32.8. The predicted molar refractivity (Wildman–Crippen MR) is 164 cm³/mol. The van der Waals surface area contributed by atoms with Gasteiger partial charge in [-0.3, -0.25) is 13.9 Å². The van der Waals surface area contributed by atoms with Crippen LogP contribution in [0.2, 0.25) is 5.02 Å². The van der Waals surface area contributed by atoms with Gasteiger partial charge >= 0.3 is 0 Å². The second-order valence-electron chi connectivity index (χ2n) is 10.1. The smallest absolute Gasteiger partial charge is 0.264 e. The van der Waals surface area contributed by atoms with E-state index in [0.717, 1.165) is 9.87 Å². The minimum absolute atomic E-state index is 0.0126. The molecule has 226 valence electrons. The first-order valence-electron chi connectivity index (χ1n) is 13.6. The van der Waals surface area contributed by atoms with Crippen molar-refractivity contribution in [3.63, 3.8) is 0 Å². The molecular weight excluding hydrogens is 578 g/mol. The fourth-order valence-corrected chi connectivity index (χ4v) is 5.91. The Bertz CT molecular complexity index is 1450. The molecule has 9 nitrogen and oxygen atoms in total. The average Bonchev–Trinajstić information content (AvgIpc) is 2.99. The van der Waals surface area contributed by atoms with Crippen LogP contribution in [0.25, 0.3) is 0 Å². The van der Waals surface area contributed by atoms with Gasteiger partial charge in [0.25, 0.3) is 10.0 Å². The molecule has 0 heterocycles. The number of carbonyl (C=O) groups excluding carboxylic acids is 2. The monoisotopic (exact) mass is 615 g/mol. The van der Waals surface area contributed by atoms with Crippen molar-refractivity contribution in [3.8, 4) is 11.5 Å². The largest absolute Gasteiger partial charge is 0.493 e. The van der Waals surface area contributed by atoms with Crippen LogP contribution in [-0.2, 0) is 26.2 Å². The number of rotatable bonds is 14. The Morgan fingerprint density at radius 2 is 1.57 bits per heavy atom. The molecule has 0 spiro atoms. The summed E-state index contributed by atoms with van der Waals surface area (Å²) in [6, 6.07) is 18.6. The first-order chi connectivity index (χ1) is 20.0. The Morgan fingerprint density at radius 1 is 0.929 bits per heavy atom. The third kappa shape index (κ3) is 8.17. The number of anilines is 1. The third-order valence-corrected chi connectivity index (χ3v) is 8.64. The predicted octanol–water partition coefficient (Wildman–Crippen LogP) is 5.13. The molecule has 3 aromatic carbocycles. The lowest BCUT2D eigenvalue weighted by Gasteiger charge is -2.33. The van der Waals surface area contributed by atoms with E-state index >= 15 is 0 Å². The molecule has 11 heteroatoms. The van der Waals surface area contributed by atoms with Crippen LogP contribution < -0.4 is 19.1 Å². The zero-order valence-corrected chi connectivity index (χ0v) is 26.1. The lowest BCUT2D eigenvalue weighted by molar-refractivity contribution is -0.140. The quantitative estimate of drug-likeness (QED) is 0.270. The number of hydrogen-bond donors (Lipinski definition) is 1. The summed E-state index contributed by atoms with van der Waals surface area (Å²) in [5, 5.41) is 3.45. The van der Waals surface area contributed by atoms with E-state index in [-0.39, 0.29) is 29.0 Å². The highest BCUT2D eigenvalue weighted by Gasteiger charge is 2.34. The van der Waals surface area contributed by atoms with E-state index in [1.54, 1.807) is 54.6 Å². The number of sulfonamides is 1. The molecule has 0 aliphatic rings. The molecule has 0 saturated heterocycles. The summed E-state index contributed by atoms with van der Waals surface area (Å²) in [4.78, 5) is 28.9. The average molecular weight is 616 g/mol. The maximum atomic E-state index is 14.2. The summed E-state index contributed by atoms with van der Waals surface area (Å²) < 4.78 is 39.7. The Balaban J connectivity index is 2.08. The molecule has 2 amide bonds. The zero-order valence-electron chi connectivity index (χ0n) is 24.5. The second kappa shape index (κ2) is 14.9. The first-order valence-corrected chi connectivity index (χ1v) is 15.4. The Labute approximate surface area is 253 Å². The number of nitrogens with zero attached hydrogens (tertiary/aromatic N) is 2. The maximum absolute atomic E-state index is 14.2. The topological polar surface area (TPSA) is 105 Å². The summed E-state index contributed by atoms with van der Waals surface area (Å²) in [5.41, 5.74) is 0.944. The van der Waals surface area contributed by atoms with Crippen LogP contribution in [0, 0.1) is 5.92 Å². The zero-order chi connectivity index (χ0) is 30.9. The molecule has 0 radical (unpaired) electrons. The van der Waals surface area contributed by atoms with Crippen molar-refractivity contribution in [2.24, 2.45) is 5.92 Å². The standard InChI is InChI=1S/C31H38ClN3O6S/c1-6-27(31(37)33-19-22(2)3)34(20-23-12-14-24(32)15-13-23)30(36)21-35(42(38,39)26-10-8-7-9-11-26)25-16-17-28(40-4)29(18-25)41-5/h7-18,22,27H,6,19-21H2,1-5H3,(H,33,37)/t27-/m1/s1. The van der Waals surface area contributed by atoms with Crippen LogP contribution in [0.3, 0.4) is 0 Å². The lowest BCUT2D eigenvalue weighted by atomic mass is 10.1. The van der Waals surface area contributed by atoms with E-state index in [4.69, 9.17) is 21.1 Å². The third-order valence-electron chi connectivity index (χ3n) is 6.60. The van der Waals surface area contributed by atoms with Gasteiger partial charge in [0, 0.05) is 24.2 Å². The minimum Gasteiger partial charge on any atom is -0.493 e. The Morgan fingerprint density at radius 3 is 2.14 bits per heavy atom.